The second kappa shape index (κ2) is 8.57. The lowest BCUT2D eigenvalue weighted by Gasteiger charge is -2.16. The standard InChI is InChI=1S/C18H16ClN9O/c1-12(10-28-11-24-26-27-28)29-17-6-13(2-3-16(17)19)14-7-20-18(21-8-14)25-15-4-5-22-23-9-15/h2-9,11-12H,10H2,1H3,(H,20,21,22,25)/t12-/m0/s1. The summed E-state index contributed by atoms with van der Waals surface area (Å²) in [6.45, 7) is 2.42. The maximum absolute atomic E-state index is 6.30. The maximum atomic E-state index is 6.30. The molecule has 0 spiro atoms. The summed E-state index contributed by atoms with van der Waals surface area (Å²) in [5, 5.41) is 22.2. The molecule has 146 valence electrons. The number of hydrogen-bond acceptors (Lipinski definition) is 9. The monoisotopic (exact) mass is 409 g/mol. The predicted octanol–water partition coefficient (Wildman–Crippen LogP) is 2.78. The van der Waals surface area contributed by atoms with Gasteiger partial charge < -0.3 is 10.1 Å². The Balaban J connectivity index is 1.47. The van der Waals surface area contributed by atoms with Crippen LogP contribution in [-0.4, -0.2) is 46.5 Å². The molecule has 0 aliphatic rings. The van der Waals surface area contributed by atoms with E-state index in [-0.39, 0.29) is 6.10 Å². The molecule has 1 atom stereocenters. The largest absolute Gasteiger partial charge is 0.487 e. The molecule has 0 saturated heterocycles. The minimum Gasteiger partial charge on any atom is -0.487 e. The first-order valence-corrected chi connectivity index (χ1v) is 9.08. The SMILES string of the molecule is C[C@@H](Cn1cnnn1)Oc1cc(-c2cnc(Nc3ccnnc3)nc2)ccc1Cl. The topological polar surface area (TPSA) is 116 Å². The van der Waals surface area contributed by atoms with Crippen LogP contribution in [0.25, 0.3) is 11.1 Å². The Morgan fingerprint density at radius 2 is 1.93 bits per heavy atom. The molecule has 10 nitrogen and oxygen atoms in total. The van der Waals surface area contributed by atoms with Crippen molar-refractivity contribution in [3.8, 4) is 16.9 Å². The lowest BCUT2D eigenvalue weighted by atomic mass is 10.1. The fraction of sp³-hybridized carbons (Fsp3) is 0.167. The molecule has 0 amide bonds. The van der Waals surface area contributed by atoms with Gasteiger partial charge in [-0.1, -0.05) is 17.7 Å². The van der Waals surface area contributed by atoms with Crippen molar-refractivity contribution in [1.29, 1.82) is 0 Å². The molecule has 3 heterocycles. The maximum Gasteiger partial charge on any atom is 0.227 e. The highest BCUT2D eigenvalue weighted by Crippen LogP contribution is 2.31. The van der Waals surface area contributed by atoms with Gasteiger partial charge in [-0.3, -0.25) is 0 Å². The Bertz CT molecular complexity index is 1060. The van der Waals surface area contributed by atoms with Crippen molar-refractivity contribution in [2.45, 2.75) is 19.6 Å². The van der Waals surface area contributed by atoms with Crippen LogP contribution >= 0.6 is 11.6 Å². The third kappa shape index (κ3) is 4.79. The molecule has 0 bridgehead atoms. The third-order valence-corrected chi connectivity index (χ3v) is 4.23. The number of halogens is 1. The van der Waals surface area contributed by atoms with Crippen LogP contribution < -0.4 is 10.1 Å². The fourth-order valence-corrected chi connectivity index (χ4v) is 2.75. The van der Waals surface area contributed by atoms with Gasteiger partial charge in [0.15, 0.2) is 0 Å². The highest BCUT2D eigenvalue weighted by atomic mass is 35.5. The van der Waals surface area contributed by atoms with Crippen LogP contribution in [0.5, 0.6) is 5.75 Å². The molecule has 0 unspecified atom stereocenters. The highest BCUT2D eigenvalue weighted by Gasteiger charge is 2.11. The van der Waals surface area contributed by atoms with Crippen LogP contribution in [-0.2, 0) is 6.54 Å². The lowest BCUT2D eigenvalue weighted by Crippen LogP contribution is -2.20. The number of nitrogens with one attached hydrogen (secondary N) is 1. The van der Waals surface area contributed by atoms with Crippen molar-refractivity contribution in [2.75, 3.05) is 5.32 Å². The van der Waals surface area contributed by atoms with Crippen molar-refractivity contribution in [3.05, 3.63) is 60.4 Å². The summed E-state index contributed by atoms with van der Waals surface area (Å²) in [6, 6.07) is 7.31. The number of rotatable bonds is 7. The van der Waals surface area contributed by atoms with E-state index < -0.39 is 0 Å². The van der Waals surface area contributed by atoms with E-state index in [1.807, 2.05) is 19.1 Å². The van der Waals surface area contributed by atoms with E-state index in [1.54, 1.807) is 41.6 Å². The van der Waals surface area contributed by atoms with Gasteiger partial charge in [0.2, 0.25) is 5.95 Å². The van der Waals surface area contributed by atoms with Crippen molar-refractivity contribution in [2.24, 2.45) is 0 Å². The van der Waals surface area contributed by atoms with Crippen LogP contribution in [0.4, 0.5) is 11.6 Å². The molecule has 3 aromatic heterocycles. The van der Waals surface area contributed by atoms with Gasteiger partial charge in [0.1, 0.15) is 18.2 Å². The Kier molecular flexibility index (Phi) is 5.52. The molecule has 0 radical (unpaired) electrons. The van der Waals surface area contributed by atoms with Crippen molar-refractivity contribution in [1.82, 2.24) is 40.4 Å². The molecule has 1 aromatic carbocycles. The molecule has 4 aromatic rings. The van der Waals surface area contributed by atoms with E-state index in [0.717, 1.165) is 16.8 Å². The van der Waals surface area contributed by atoms with E-state index in [2.05, 4.69) is 41.0 Å². The summed E-state index contributed by atoms with van der Waals surface area (Å²) in [6.07, 6.45) is 7.99. The van der Waals surface area contributed by atoms with Crippen molar-refractivity contribution < 1.29 is 4.74 Å². The summed E-state index contributed by atoms with van der Waals surface area (Å²) in [5.74, 6) is 1.03. The van der Waals surface area contributed by atoms with Crippen molar-refractivity contribution in [3.63, 3.8) is 0 Å². The molecule has 29 heavy (non-hydrogen) atoms. The first-order chi connectivity index (χ1) is 14.2. The number of hydrogen-bond donors (Lipinski definition) is 1. The molecule has 4 rings (SSSR count). The quantitative estimate of drug-likeness (QED) is 0.491. The average Bonchev–Trinajstić information content (AvgIpc) is 3.24. The number of nitrogens with zero attached hydrogens (tertiary/aromatic N) is 8. The van der Waals surface area contributed by atoms with Gasteiger partial charge in [-0.25, -0.2) is 14.6 Å². The average molecular weight is 410 g/mol. The van der Waals surface area contributed by atoms with Gasteiger partial charge >= 0.3 is 0 Å². The van der Waals surface area contributed by atoms with E-state index in [0.29, 0.717) is 23.3 Å². The highest BCUT2D eigenvalue weighted by molar-refractivity contribution is 6.32. The fourth-order valence-electron chi connectivity index (χ4n) is 2.59. The first kappa shape index (κ1) is 18.7. The van der Waals surface area contributed by atoms with Gasteiger partial charge in [0.25, 0.3) is 0 Å². The Morgan fingerprint density at radius 1 is 1.07 bits per heavy atom. The van der Waals surface area contributed by atoms with Gasteiger partial charge in [0, 0.05) is 18.0 Å². The van der Waals surface area contributed by atoms with Crippen LogP contribution in [0.2, 0.25) is 5.02 Å². The Labute approximate surface area is 170 Å². The smallest absolute Gasteiger partial charge is 0.227 e. The number of anilines is 2. The minimum atomic E-state index is -0.178. The number of ether oxygens (including phenoxy) is 1. The van der Waals surface area contributed by atoms with Gasteiger partial charge in [-0.05, 0) is 41.1 Å². The summed E-state index contributed by atoms with van der Waals surface area (Å²) in [4.78, 5) is 8.69. The first-order valence-electron chi connectivity index (χ1n) is 8.70. The van der Waals surface area contributed by atoms with Gasteiger partial charge in [-0.15, -0.1) is 5.10 Å². The summed E-state index contributed by atoms with van der Waals surface area (Å²) >= 11 is 6.30. The second-order valence-corrected chi connectivity index (χ2v) is 6.56. The summed E-state index contributed by atoms with van der Waals surface area (Å²) in [5.41, 5.74) is 2.47. The van der Waals surface area contributed by atoms with Crippen LogP contribution in [0.15, 0.2) is 55.4 Å². The zero-order valence-electron chi connectivity index (χ0n) is 15.3. The molecule has 0 aliphatic carbocycles. The zero-order chi connectivity index (χ0) is 20.1. The Hall–Kier alpha value is -3.66. The number of tetrazole rings is 1. The van der Waals surface area contributed by atoms with Crippen LogP contribution in [0.1, 0.15) is 6.92 Å². The Morgan fingerprint density at radius 3 is 2.66 bits per heavy atom. The van der Waals surface area contributed by atoms with Gasteiger partial charge in [0.05, 0.1) is 29.6 Å². The molecule has 1 N–H and O–H groups in total. The molecule has 0 aliphatic heterocycles. The van der Waals surface area contributed by atoms with Crippen LogP contribution in [0, 0.1) is 0 Å². The van der Waals surface area contributed by atoms with Gasteiger partial charge in [-0.2, -0.15) is 10.2 Å². The number of benzene rings is 1. The molecule has 0 fully saturated rings. The van der Waals surface area contributed by atoms with Crippen molar-refractivity contribution >= 4 is 23.2 Å². The lowest BCUT2D eigenvalue weighted by molar-refractivity contribution is 0.193. The van der Waals surface area contributed by atoms with E-state index in [1.165, 1.54) is 6.33 Å². The minimum absolute atomic E-state index is 0.178. The van der Waals surface area contributed by atoms with E-state index >= 15 is 0 Å². The summed E-state index contributed by atoms with van der Waals surface area (Å²) < 4.78 is 7.57. The second-order valence-electron chi connectivity index (χ2n) is 6.16. The predicted molar refractivity (Wildman–Crippen MR) is 106 cm³/mol. The van der Waals surface area contributed by atoms with Crippen LogP contribution in [0.3, 0.4) is 0 Å². The molecular weight excluding hydrogens is 394 g/mol. The molecular formula is C18H16ClN9O. The summed E-state index contributed by atoms with van der Waals surface area (Å²) in [7, 11) is 0. The third-order valence-electron chi connectivity index (χ3n) is 3.92. The molecule has 0 saturated carbocycles. The van der Waals surface area contributed by atoms with E-state index in [9.17, 15) is 0 Å². The normalized spacial score (nSPS) is 11.8. The zero-order valence-corrected chi connectivity index (χ0v) is 16.1. The number of aromatic nitrogens is 8. The van der Waals surface area contributed by atoms with E-state index in [4.69, 9.17) is 16.3 Å². The molecule has 11 heteroatoms.